The van der Waals surface area contributed by atoms with E-state index >= 15 is 0 Å². The number of nitrogens with one attached hydrogen (secondary N) is 1. The van der Waals surface area contributed by atoms with Crippen molar-refractivity contribution in [1.82, 2.24) is 5.32 Å². The molecule has 0 heterocycles. The van der Waals surface area contributed by atoms with Crippen molar-refractivity contribution in [1.29, 1.82) is 0 Å². The SMILES string of the molecule is CCCC(C)NCc1c(Cl)cccc1Cl. The third-order valence-electron chi connectivity index (χ3n) is 2.41. The molecule has 1 aromatic rings. The Labute approximate surface area is 102 Å². The quantitative estimate of drug-likeness (QED) is 0.817. The van der Waals surface area contributed by atoms with Gasteiger partial charge in [0.15, 0.2) is 0 Å². The van der Waals surface area contributed by atoms with Crippen molar-refractivity contribution in [3.8, 4) is 0 Å². The molecule has 0 aliphatic heterocycles. The summed E-state index contributed by atoms with van der Waals surface area (Å²) in [6.07, 6.45) is 2.35. The van der Waals surface area contributed by atoms with Crippen LogP contribution in [0, 0.1) is 0 Å². The molecule has 15 heavy (non-hydrogen) atoms. The van der Waals surface area contributed by atoms with Crippen LogP contribution in [-0.2, 0) is 6.54 Å². The molecule has 1 atom stereocenters. The predicted molar refractivity (Wildman–Crippen MR) is 67.7 cm³/mol. The summed E-state index contributed by atoms with van der Waals surface area (Å²) >= 11 is 12.1. The third-order valence-corrected chi connectivity index (χ3v) is 3.12. The van der Waals surface area contributed by atoms with E-state index in [1.165, 1.54) is 12.8 Å². The highest BCUT2D eigenvalue weighted by Gasteiger charge is 2.06. The molecular weight excluding hydrogens is 229 g/mol. The molecule has 0 fully saturated rings. The van der Waals surface area contributed by atoms with Gasteiger partial charge in [-0.2, -0.15) is 0 Å². The molecule has 1 nitrogen and oxygen atoms in total. The van der Waals surface area contributed by atoms with Gasteiger partial charge in [-0.25, -0.2) is 0 Å². The second-order valence-corrected chi connectivity index (χ2v) is 4.59. The topological polar surface area (TPSA) is 12.0 Å². The van der Waals surface area contributed by atoms with Gasteiger partial charge in [0.05, 0.1) is 0 Å². The van der Waals surface area contributed by atoms with Crippen LogP contribution in [0.3, 0.4) is 0 Å². The first-order valence-corrected chi connectivity index (χ1v) is 6.07. The molecule has 84 valence electrons. The minimum atomic E-state index is 0.502. The first-order chi connectivity index (χ1) is 7.15. The van der Waals surface area contributed by atoms with Crippen molar-refractivity contribution in [3.63, 3.8) is 0 Å². The molecule has 0 bridgehead atoms. The van der Waals surface area contributed by atoms with Gasteiger partial charge in [-0.05, 0) is 25.5 Å². The highest BCUT2D eigenvalue weighted by Crippen LogP contribution is 2.24. The molecule has 0 saturated heterocycles. The van der Waals surface area contributed by atoms with Crippen molar-refractivity contribution in [2.24, 2.45) is 0 Å². The van der Waals surface area contributed by atoms with Crippen LogP contribution in [0.2, 0.25) is 10.0 Å². The summed E-state index contributed by atoms with van der Waals surface area (Å²) in [6, 6.07) is 6.11. The van der Waals surface area contributed by atoms with Crippen LogP contribution < -0.4 is 5.32 Å². The van der Waals surface area contributed by atoms with Gasteiger partial charge in [-0.3, -0.25) is 0 Å². The first-order valence-electron chi connectivity index (χ1n) is 5.31. The lowest BCUT2D eigenvalue weighted by Gasteiger charge is -2.14. The van der Waals surface area contributed by atoms with E-state index in [1.807, 2.05) is 18.2 Å². The summed E-state index contributed by atoms with van der Waals surface area (Å²) in [4.78, 5) is 0. The Morgan fingerprint density at radius 2 is 1.87 bits per heavy atom. The molecule has 1 unspecified atom stereocenters. The number of hydrogen-bond acceptors (Lipinski definition) is 1. The van der Waals surface area contributed by atoms with Crippen molar-refractivity contribution in [2.45, 2.75) is 39.3 Å². The van der Waals surface area contributed by atoms with E-state index in [0.29, 0.717) is 6.04 Å². The molecule has 0 radical (unpaired) electrons. The van der Waals surface area contributed by atoms with Crippen LogP contribution in [0.1, 0.15) is 32.3 Å². The van der Waals surface area contributed by atoms with Gasteiger partial charge >= 0.3 is 0 Å². The fourth-order valence-corrected chi connectivity index (χ4v) is 2.04. The zero-order valence-corrected chi connectivity index (χ0v) is 10.7. The highest BCUT2D eigenvalue weighted by molar-refractivity contribution is 6.35. The lowest BCUT2D eigenvalue weighted by Crippen LogP contribution is -2.25. The minimum Gasteiger partial charge on any atom is -0.310 e. The lowest BCUT2D eigenvalue weighted by atomic mass is 10.1. The summed E-state index contributed by atoms with van der Waals surface area (Å²) in [7, 11) is 0. The van der Waals surface area contributed by atoms with E-state index < -0.39 is 0 Å². The Morgan fingerprint density at radius 1 is 1.27 bits per heavy atom. The first kappa shape index (κ1) is 12.8. The number of benzene rings is 1. The molecule has 3 heteroatoms. The van der Waals surface area contributed by atoms with E-state index in [2.05, 4.69) is 19.2 Å². The third kappa shape index (κ3) is 4.02. The number of hydrogen-bond donors (Lipinski definition) is 1. The molecule has 1 aromatic carbocycles. The molecule has 0 aliphatic rings. The molecule has 0 saturated carbocycles. The lowest BCUT2D eigenvalue weighted by molar-refractivity contribution is 0.508. The van der Waals surface area contributed by atoms with Crippen LogP contribution in [0.4, 0.5) is 0 Å². The van der Waals surface area contributed by atoms with Crippen molar-refractivity contribution in [2.75, 3.05) is 0 Å². The van der Waals surface area contributed by atoms with Crippen molar-refractivity contribution in [3.05, 3.63) is 33.8 Å². The second kappa shape index (κ2) is 6.37. The van der Waals surface area contributed by atoms with Crippen LogP contribution in [0.5, 0.6) is 0 Å². The molecule has 0 aromatic heterocycles. The summed E-state index contributed by atoms with van der Waals surface area (Å²) in [5.74, 6) is 0. The molecule has 0 aliphatic carbocycles. The smallest absolute Gasteiger partial charge is 0.0465 e. The molecule has 1 N–H and O–H groups in total. The largest absolute Gasteiger partial charge is 0.310 e. The summed E-state index contributed by atoms with van der Waals surface area (Å²) in [5.41, 5.74) is 0.990. The summed E-state index contributed by atoms with van der Waals surface area (Å²) in [6.45, 7) is 5.09. The normalized spacial score (nSPS) is 12.8. The van der Waals surface area contributed by atoms with Crippen LogP contribution in [0.25, 0.3) is 0 Å². The maximum atomic E-state index is 6.07. The molecular formula is C12H17Cl2N. The molecule has 0 amide bonds. The predicted octanol–water partition coefficient (Wildman–Crippen LogP) is 4.27. The minimum absolute atomic E-state index is 0.502. The average Bonchev–Trinajstić information content (AvgIpc) is 2.17. The number of halogens is 2. The Kier molecular flexibility index (Phi) is 5.44. The second-order valence-electron chi connectivity index (χ2n) is 3.77. The maximum Gasteiger partial charge on any atom is 0.0465 e. The van der Waals surface area contributed by atoms with Gasteiger partial charge in [-0.15, -0.1) is 0 Å². The van der Waals surface area contributed by atoms with E-state index in [0.717, 1.165) is 22.2 Å². The van der Waals surface area contributed by atoms with E-state index in [-0.39, 0.29) is 0 Å². The van der Waals surface area contributed by atoms with Gasteiger partial charge in [-0.1, -0.05) is 42.6 Å². The van der Waals surface area contributed by atoms with Gasteiger partial charge in [0.1, 0.15) is 0 Å². The summed E-state index contributed by atoms with van der Waals surface area (Å²) in [5, 5.41) is 4.88. The number of rotatable bonds is 5. The Bertz CT molecular complexity index is 292. The Hall–Kier alpha value is -0.240. The van der Waals surface area contributed by atoms with Gasteiger partial charge < -0.3 is 5.32 Å². The summed E-state index contributed by atoms with van der Waals surface area (Å²) < 4.78 is 0. The van der Waals surface area contributed by atoms with Crippen LogP contribution >= 0.6 is 23.2 Å². The van der Waals surface area contributed by atoms with Crippen LogP contribution in [0.15, 0.2) is 18.2 Å². The van der Waals surface area contributed by atoms with E-state index in [1.54, 1.807) is 0 Å². The average molecular weight is 246 g/mol. The Balaban J connectivity index is 2.57. The van der Waals surface area contributed by atoms with Gasteiger partial charge in [0.2, 0.25) is 0 Å². The zero-order chi connectivity index (χ0) is 11.3. The standard InChI is InChI=1S/C12H17Cl2N/c1-3-5-9(2)15-8-10-11(13)6-4-7-12(10)14/h4,6-7,9,15H,3,5,8H2,1-2H3. The van der Waals surface area contributed by atoms with Crippen molar-refractivity contribution < 1.29 is 0 Å². The molecule has 1 rings (SSSR count). The van der Waals surface area contributed by atoms with E-state index in [9.17, 15) is 0 Å². The van der Waals surface area contributed by atoms with Crippen molar-refractivity contribution >= 4 is 23.2 Å². The van der Waals surface area contributed by atoms with Gasteiger partial charge in [0, 0.05) is 28.2 Å². The van der Waals surface area contributed by atoms with Crippen LogP contribution in [-0.4, -0.2) is 6.04 Å². The fraction of sp³-hybridized carbons (Fsp3) is 0.500. The van der Waals surface area contributed by atoms with Gasteiger partial charge in [0.25, 0.3) is 0 Å². The molecule has 0 spiro atoms. The zero-order valence-electron chi connectivity index (χ0n) is 9.19. The Morgan fingerprint density at radius 3 is 2.40 bits per heavy atom. The monoisotopic (exact) mass is 245 g/mol. The maximum absolute atomic E-state index is 6.07. The highest BCUT2D eigenvalue weighted by atomic mass is 35.5. The fourth-order valence-electron chi connectivity index (χ4n) is 1.51. The van der Waals surface area contributed by atoms with E-state index in [4.69, 9.17) is 23.2 Å².